The minimum Gasteiger partial charge on any atom is -0.496 e. The Kier molecular flexibility index (Phi) is 6.22. The number of methoxy groups -OCH3 is 1. The highest BCUT2D eigenvalue weighted by atomic mass is 16.5. The van der Waals surface area contributed by atoms with Gasteiger partial charge in [-0.05, 0) is 12.5 Å². The van der Waals surface area contributed by atoms with Crippen LogP contribution < -0.4 is 4.74 Å². The number of carbonyl (C=O) groups excluding carboxylic acids is 1. The Hall–Kier alpha value is -1.55. The normalized spacial score (nSPS) is 10.2. The summed E-state index contributed by atoms with van der Waals surface area (Å²) >= 11 is 0. The van der Waals surface area contributed by atoms with Crippen molar-refractivity contribution in [1.82, 2.24) is 4.90 Å². The Labute approximate surface area is 108 Å². The number of amides is 1. The van der Waals surface area contributed by atoms with Crippen LogP contribution in [0.4, 0.5) is 0 Å². The molecule has 100 valence electrons. The lowest BCUT2D eigenvalue weighted by Crippen LogP contribution is -2.35. The molecule has 1 N–H and O–H groups in total. The van der Waals surface area contributed by atoms with E-state index in [2.05, 4.69) is 0 Å². The molecule has 4 heteroatoms. The number of carbonyl (C=O) groups is 1. The van der Waals surface area contributed by atoms with Gasteiger partial charge in [-0.3, -0.25) is 4.79 Å². The van der Waals surface area contributed by atoms with Crippen LogP contribution in [0.15, 0.2) is 24.3 Å². The highest BCUT2D eigenvalue weighted by Crippen LogP contribution is 2.18. The van der Waals surface area contributed by atoms with Crippen LogP contribution in [0.25, 0.3) is 0 Å². The Morgan fingerprint density at radius 1 is 1.33 bits per heavy atom. The molecule has 0 spiro atoms. The SMILES string of the molecule is CCCN(CCO)C(=O)Cc1ccccc1OC. The Morgan fingerprint density at radius 3 is 2.67 bits per heavy atom. The first-order chi connectivity index (χ1) is 8.72. The van der Waals surface area contributed by atoms with Crippen LogP contribution in [0.2, 0.25) is 0 Å². The maximum Gasteiger partial charge on any atom is 0.227 e. The molecule has 1 amide bonds. The number of ether oxygens (including phenoxy) is 1. The van der Waals surface area contributed by atoms with E-state index < -0.39 is 0 Å². The molecule has 0 heterocycles. The second kappa shape index (κ2) is 7.71. The number of benzene rings is 1. The molecule has 0 radical (unpaired) electrons. The summed E-state index contributed by atoms with van der Waals surface area (Å²) in [6.07, 6.45) is 1.20. The molecule has 0 saturated carbocycles. The van der Waals surface area contributed by atoms with Gasteiger partial charge in [0.05, 0.1) is 20.1 Å². The van der Waals surface area contributed by atoms with E-state index in [0.29, 0.717) is 19.5 Å². The molecule has 0 unspecified atom stereocenters. The maximum atomic E-state index is 12.1. The van der Waals surface area contributed by atoms with Crippen molar-refractivity contribution < 1.29 is 14.6 Å². The number of hydrogen-bond acceptors (Lipinski definition) is 3. The number of rotatable bonds is 7. The van der Waals surface area contributed by atoms with Gasteiger partial charge in [0.2, 0.25) is 5.91 Å². The van der Waals surface area contributed by atoms with Crippen molar-refractivity contribution >= 4 is 5.91 Å². The van der Waals surface area contributed by atoms with Crippen LogP contribution in [-0.4, -0.2) is 42.7 Å². The lowest BCUT2D eigenvalue weighted by atomic mass is 10.1. The minimum atomic E-state index is -0.00232. The van der Waals surface area contributed by atoms with E-state index in [1.807, 2.05) is 31.2 Å². The smallest absolute Gasteiger partial charge is 0.227 e. The van der Waals surface area contributed by atoms with Gasteiger partial charge in [-0.1, -0.05) is 25.1 Å². The van der Waals surface area contributed by atoms with E-state index in [0.717, 1.165) is 17.7 Å². The average Bonchev–Trinajstić information content (AvgIpc) is 2.39. The third-order valence-electron chi connectivity index (χ3n) is 2.75. The average molecular weight is 251 g/mol. The van der Waals surface area contributed by atoms with Gasteiger partial charge in [-0.25, -0.2) is 0 Å². The van der Waals surface area contributed by atoms with Gasteiger partial charge in [0.1, 0.15) is 5.75 Å². The molecule has 0 saturated heterocycles. The van der Waals surface area contributed by atoms with Gasteiger partial charge in [0.25, 0.3) is 0 Å². The number of para-hydroxylation sites is 1. The van der Waals surface area contributed by atoms with Crippen molar-refractivity contribution in [2.75, 3.05) is 26.8 Å². The van der Waals surface area contributed by atoms with E-state index in [4.69, 9.17) is 9.84 Å². The first-order valence-corrected chi connectivity index (χ1v) is 6.23. The maximum absolute atomic E-state index is 12.1. The lowest BCUT2D eigenvalue weighted by Gasteiger charge is -2.21. The Balaban J connectivity index is 2.72. The molecular formula is C14H21NO3. The standard InChI is InChI=1S/C14H21NO3/c1-3-8-15(9-10-16)14(17)11-12-6-4-5-7-13(12)18-2/h4-7,16H,3,8-11H2,1-2H3. The van der Waals surface area contributed by atoms with E-state index in [1.165, 1.54) is 0 Å². The first kappa shape index (κ1) is 14.5. The zero-order valence-corrected chi connectivity index (χ0v) is 11.1. The summed E-state index contributed by atoms with van der Waals surface area (Å²) in [5.41, 5.74) is 0.879. The second-order valence-corrected chi connectivity index (χ2v) is 4.09. The molecule has 0 fully saturated rings. The Bertz CT molecular complexity index is 373. The lowest BCUT2D eigenvalue weighted by molar-refractivity contribution is -0.131. The van der Waals surface area contributed by atoms with Gasteiger partial charge >= 0.3 is 0 Å². The largest absolute Gasteiger partial charge is 0.496 e. The second-order valence-electron chi connectivity index (χ2n) is 4.09. The number of aliphatic hydroxyl groups is 1. The van der Waals surface area contributed by atoms with Gasteiger partial charge < -0.3 is 14.7 Å². The van der Waals surface area contributed by atoms with E-state index in [9.17, 15) is 4.79 Å². The van der Waals surface area contributed by atoms with E-state index in [-0.39, 0.29) is 12.5 Å². The molecule has 1 aromatic rings. The molecule has 0 aliphatic rings. The molecule has 0 aliphatic heterocycles. The number of nitrogens with zero attached hydrogens (tertiary/aromatic N) is 1. The highest BCUT2D eigenvalue weighted by molar-refractivity contribution is 5.79. The summed E-state index contributed by atoms with van der Waals surface area (Å²) in [6.45, 7) is 3.08. The van der Waals surface area contributed by atoms with Crippen LogP contribution in [0.5, 0.6) is 5.75 Å². The van der Waals surface area contributed by atoms with Gasteiger partial charge in [-0.15, -0.1) is 0 Å². The summed E-state index contributed by atoms with van der Waals surface area (Å²) < 4.78 is 5.23. The first-order valence-electron chi connectivity index (χ1n) is 6.23. The summed E-state index contributed by atoms with van der Waals surface area (Å²) in [5, 5.41) is 8.96. The molecular weight excluding hydrogens is 230 g/mol. The van der Waals surface area contributed by atoms with Crippen LogP contribution in [0, 0.1) is 0 Å². The molecule has 1 aromatic carbocycles. The third kappa shape index (κ3) is 4.04. The van der Waals surface area contributed by atoms with Crippen LogP contribution in [0.1, 0.15) is 18.9 Å². The summed E-state index contributed by atoms with van der Waals surface area (Å²) in [4.78, 5) is 13.8. The van der Waals surface area contributed by atoms with E-state index in [1.54, 1.807) is 12.0 Å². The van der Waals surface area contributed by atoms with Crippen molar-refractivity contribution in [3.63, 3.8) is 0 Å². The molecule has 1 rings (SSSR count). The molecule has 18 heavy (non-hydrogen) atoms. The van der Waals surface area contributed by atoms with Crippen molar-refractivity contribution in [3.05, 3.63) is 29.8 Å². The van der Waals surface area contributed by atoms with Crippen LogP contribution in [0.3, 0.4) is 0 Å². The molecule has 0 aliphatic carbocycles. The third-order valence-corrected chi connectivity index (χ3v) is 2.75. The van der Waals surface area contributed by atoms with Crippen molar-refractivity contribution in [1.29, 1.82) is 0 Å². The van der Waals surface area contributed by atoms with Crippen molar-refractivity contribution in [2.45, 2.75) is 19.8 Å². The topological polar surface area (TPSA) is 49.8 Å². The summed E-state index contributed by atoms with van der Waals surface area (Å²) in [7, 11) is 1.60. The van der Waals surface area contributed by atoms with Gasteiger partial charge in [-0.2, -0.15) is 0 Å². The van der Waals surface area contributed by atoms with Crippen molar-refractivity contribution in [2.24, 2.45) is 0 Å². The van der Waals surface area contributed by atoms with Crippen molar-refractivity contribution in [3.8, 4) is 5.75 Å². The van der Waals surface area contributed by atoms with Crippen LogP contribution >= 0.6 is 0 Å². The predicted molar refractivity (Wildman–Crippen MR) is 70.7 cm³/mol. The minimum absolute atomic E-state index is 0.00232. The van der Waals surface area contributed by atoms with Gasteiger partial charge in [0.15, 0.2) is 0 Å². The monoisotopic (exact) mass is 251 g/mol. The summed E-state index contributed by atoms with van der Waals surface area (Å²) in [6, 6.07) is 7.50. The zero-order chi connectivity index (χ0) is 13.4. The molecule has 0 aromatic heterocycles. The molecule has 4 nitrogen and oxygen atoms in total. The number of hydrogen-bond donors (Lipinski definition) is 1. The fourth-order valence-corrected chi connectivity index (χ4v) is 1.88. The quantitative estimate of drug-likeness (QED) is 0.798. The van der Waals surface area contributed by atoms with Gasteiger partial charge in [0, 0.05) is 18.7 Å². The van der Waals surface area contributed by atoms with Crippen LogP contribution in [-0.2, 0) is 11.2 Å². The Morgan fingerprint density at radius 2 is 2.06 bits per heavy atom. The molecule has 0 atom stereocenters. The summed E-state index contributed by atoms with van der Waals surface area (Å²) in [5.74, 6) is 0.752. The fourth-order valence-electron chi connectivity index (χ4n) is 1.88. The number of aliphatic hydroxyl groups excluding tert-OH is 1. The fraction of sp³-hybridized carbons (Fsp3) is 0.500. The molecule has 0 bridgehead atoms. The highest BCUT2D eigenvalue weighted by Gasteiger charge is 2.14. The predicted octanol–water partition coefficient (Wildman–Crippen LogP) is 1.47. The zero-order valence-electron chi connectivity index (χ0n) is 11.1. The van der Waals surface area contributed by atoms with E-state index >= 15 is 0 Å².